The van der Waals surface area contributed by atoms with Crippen LogP contribution in [0.5, 0.6) is 0 Å². The van der Waals surface area contributed by atoms with Crippen molar-refractivity contribution in [3.8, 4) is 0 Å². The average Bonchev–Trinajstić information content (AvgIpc) is 2.71. The van der Waals surface area contributed by atoms with Crippen molar-refractivity contribution in [2.75, 3.05) is 19.4 Å². The Bertz CT molecular complexity index is 1250. The van der Waals surface area contributed by atoms with Crippen LogP contribution in [0.4, 0.5) is 5.69 Å². The molecule has 0 aliphatic heterocycles. The van der Waals surface area contributed by atoms with Crippen molar-refractivity contribution in [3.63, 3.8) is 0 Å². The number of nitrogens with one attached hydrogen (secondary N) is 1. The van der Waals surface area contributed by atoms with E-state index in [2.05, 4.69) is 10.3 Å². The number of nitrogens with zero attached hydrogens (tertiary/aromatic N) is 2. The molecule has 8 heteroatoms. The maximum Gasteiger partial charge on any atom is 0.242 e. The second-order valence-electron chi connectivity index (χ2n) is 7.74. The molecule has 1 heterocycles. The number of aromatic nitrogens is 1. The second-order valence-corrected chi connectivity index (χ2v) is 11.3. The lowest BCUT2D eigenvalue weighted by Crippen LogP contribution is -2.23. The maximum atomic E-state index is 12.7. The molecule has 2 aromatic carbocycles. The molecule has 1 aromatic heterocycles. The zero-order valence-electron chi connectivity index (χ0n) is 18.6. The van der Waals surface area contributed by atoms with Gasteiger partial charge in [0.05, 0.1) is 20.7 Å². The van der Waals surface area contributed by atoms with Crippen LogP contribution in [0.2, 0.25) is 0 Å². The number of thioether (sulfide) groups is 1. The van der Waals surface area contributed by atoms with Crippen molar-refractivity contribution in [1.82, 2.24) is 9.29 Å². The average molecular weight is 458 g/mol. The van der Waals surface area contributed by atoms with Crippen LogP contribution in [0.3, 0.4) is 0 Å². The van der Waals surface area contributed by atoms with Gasteiger partial charge in [-0.15, -0.1) is 0 Å². The lowest BCUT2D eigenvalue weighted by atomic mass is 10.1. The molecule has 31 heavy (non-hydrogen) atoms. The van der Waals surface area contributed by atoms with Crippen molar-refractivity contribution in [2.45, 2.75) is 42.9 Å². The maximum absolute atomic E-state index is 12.7. The van der Waals surface area contributed by atoms with Crippen molar-refractivity contribution < 1.29 is 13.2 Å². The molecular weight excluding hydrogens is 430 g/mol. The molecule has 3 aromatic rings. The van der Waals surface area contributed by atoms with Gasteiger partial charge < -0.3 is 5.32 Å². The molecule has 0 aliphatic rings. The molecule has 0 radical (unpaired) electrons. The summed E-state index contributed by atoms with van der Waals surface area (Å²) in [6.07, 6.45) is 0. The summed E-state index contributed by atoms with van der Waals surface area (Å²) in [4.78, 5) is 17.6. The van der Waals surface area contributed by atoms with E-state index in [9.17, 15) is 13.2 Å². The first-order valence-electron chi connectivity index (χ1n) is 9.88. The highest BCUT2D eigenvalue weighted by atomic mass is 32.2. The summed E-state index contributed by atoms with van der Waals surface area (Å²) < 4.78 is 26.0. The number of carbonyl (C=O) groups is 1. The highest BCUT2D eigenvalue weighted by Gasteiger charge is 2.20. The molecule has 0 spiro atoms. The van der Waals surface area contributed by atoms with E-state index in [0.717, 1.165) is 32.8 Å². The third-order valence-corrected chi connectivity index (χ3v) is 8.10. The first-order valence-corrected chi connectivity index (χ1v) is 12.2. The van der Waals surface area contributed by atoms with Gasteiger partial charge in [0.1, 0.15) is 0 Å². The van der Waals surface area contributed by atoms with Gasteiger partial charge in [-0.25, -0.2) is 17.7 Å². The Morgan fingerprint density at radius 1 is 1.06 bits per heavy atom. The molecule has 3 rings (SSSR count). The van der Waals surface area contributed by atoms with E-state index >= 15 is 0 Å². The first-order chi connectivity index (χ1) is 14.5. The molecule has 6 nitrogen and oxygen atoms in total. The van der Waals surface area contributed by atoms with Crippen LogP contribution in [0.25, 0.3) is 10.9 Å². The largest absolute Gasteiger partial charge is 0.325 e. The smallest absolute Gasteiger partial charge is 0.242 e. The zero-order valence-corrected chi connectivity index (χ0v) is 20.2. The second kappa shape index (κ2) is 8.98. The normalized spacial score (nSPS) is 12.9. The van der Waals surface area contributed by atoms with Crippen LogP contribution in [-0.2, 0) is 14.8 Å². The molecule has 0 aliphatic carbocycles. The summed E-state index contributed by atoms with van der Waals surface area (Å²) in [5, 5.41) is 4.15. The van der Waals surface area contributed by atoms with Crippen molar-refractivity contribution in [1.29, 1.82) is 0 Å². The Labute approximate surface area is 188 Å². The predicted octanol–water partition coefficient (Wildman–Crippen LogP) is 4.53. The summed E-state index contributed by atoms with van der Waals surface area (Å²) >= 11 is 1.37. The zero-order chi connectivity index (χ0) is 22.9. The van der Waals surface area contributed by atoms with E-state index in [0.29, 0.717) is 5.52 Å². The number of amides is 1. The minimum absolute atomic E-state index is 0.0920. The van der Waals surface area contributed by atoms with E-state index in [1.165, 1.54) is 30.2 Å². The number of fused-ring (bicyclic) bond motifs is 1. The van der Waals surface area contributed by atoms with Crippen molar-refractivity contribution in [3.05, 3.63) is 59.2 Å². The van der Waals surface area contributed by atoms with Gasteiger partial charge in [-0.3, -0.25) is 4.79 Å². The van der Waals surface area contributed by atoms with Crippen LogP contribution >= 0.6 is 11.8 Å². The lowest BCUT2D eigenvalue weighted by Gasteiger charge is -2.15. The summed E-state index contributed by atoms with van der Waals surface area (Å²) in [7, 11) is -0.497. The lowest BCUT2D eigenvalue weighted by molar-refractivity contribution is -0.115. The van der Waals surface area contributed by atoms with E-state index in [1.807, 2.05) is 52.0 Å². The number of pyridine rings is 1. The fraction of sp³-hybridized carbons (Fsp3) is 0.304. The predicted molar refractivity (Wildman–Crippen MR) is 127 cm³/mol. The number of hydrogen-bond acceptors (Lipinski definition) is 5. The molecule has 0 saturated heterocycles. The van der Waals surface area contributed by atoms with Crippen LogP contribution in [0, 0.1) is 20.8 Å². The number of rotatable bonds is 6. The molecular formula is C23H27N3O3S2. The number of carbonyl (C=O) groups excluding carboxylic acids is 1. The van der Waals surface area contributed by atoms with E-state index in [4.69, 9.17) is 0 Å². The third kappa shape index (κ3) is 4.92. The molecule has 0 saturated carbocycles. The standard InChI is InChI=1S/C23H27N3O3S2/c1-14-8-7-9-20(16(14)3)25-23(27)17(4)30-22-12-15(2)19-13-18(10-11-21(19)24-22)31(28,29)26(5)6/h7-13,17H,1-6H3,(H,25,27)/t17-/m1/s1. The number of hydrogen-bond donors (Lipinski definition) is 1. The highest BCUT2D eigenvalue weighted by Crippen LogP contribution is 2.29. The van der Waals surface area contributed by atoms with Crippen molar-refractivity contribution >= 4 is 44.3 Å². The van der Waals surface area contributed by atoms with Crippen LogP contribution in [0.15, 0.2) is 52.4 Å². The Kier molecular flexibility index (Phi) is 6.73. The Hall–Kier alpha value is -2.42. The van der Waals surface area contributed by atoms with Gasteiger partial charge in [-0.05, 0) is 74.7 Å². The summed E-state index contributed by atoms with van der Waals surface area (Å²) in [6.45, 7) is 7.77. The fourth-order valence-corrected chi connectivity index (χ4v) is 4.98. The van der Waals surface area contributed by atoms with Crippen LogP contribution in [-0.4, -0.2) is 43.0 Å². The Balaban J connectivity index is 1.83. The third-order valence-electron chi connectivity index (χ3n) is 5.27. The quantitative estimate of drug-likeness (QED) is 0.550. The molecule has 0 bridgehead atoms. The fourth-order valence-electron chi connectivity index (χ4n) is 3.13. The number of aryl methyl sites for hydroxylation is 2. The molecule has 0 unspecified atom stereocenters. The van der Waals surface area contributed by atoms with Crippen LogP contribution < -0.4 is 5.32 Å². The minimum Gasteiger partial charge on any atom is -0.325 e. The van der Waals surface area contributed by atoms with Gasteiger partial charge in [0.2, 0.25) is 15.9 Å². The van der Waals surface area contributed by atoms with Gasteiger partial charge in [-0.2, -0.15) is 0 Å². The molecule has 1 N–H and O–H groups in total. The first kappa shape index (κ1) is 23.2. The van der Waals surface area contributed by atoms with Gasteiger partial charge >= 0.3 is 0 Å². The molecule has 0 fully saturated rings. The molecule has 164 valence electrons. The number of sulfonamides is 1. The monoisotopic (exact) mass is 457 g/mol. The Morgan fingerprint density at radius 3 is 2.45 bits per heavy atom. The van der Waals surface area contributed by atoms with Gasteiger partial charge in [0, 0.05) is 25.2 Å². The number of benzene rings is 2. The van der Waals surface area contributed by atoms with E-state index in [1.54, 1.807) is 18.2 Å². The summed E-state index contributed by atoms with van der Waals surface area (Å²) in [5.74, 6) is -0.0920. The van der Waals surface area contributed by atoms with Gasteiger partial charge in [0.15, 0.2) is 0 Å². The van der Waals surface area contributed by atoms with E-state index < -0.39 is 10.0 Å². The van der Waals surface area contributed by atoms with Gasteiger partial charge in [-0.1, -0.05) is 23.9 Å². The van der Waals surface area contributed by atoms with E-state index in [-0.39, 0.29) is 16.1 Å². The molecule has 1 atom stereocenters. The summed E-state index contributed by atoms with van der Waals surface area (Å²) in [6, 6.07) is 12.7. The SMILES string of the molecule is Cc1cccc(NC(=O)[C@@H](C)Sc2cc(C)c3cc(S(=O)(=O)N(C)C)ccc3n2)c1C. The van der Waals surface area contributed by atoms with Crippen molar-refractivity contribution in [2.24, 2.45) is 0 Å². The minimum atomic E-state index is -3.51. The van der Waals surface area contributed by atoms with Gasteiger partial charge in [0.25, 0.3) is 0 Å². The highest BCUT2D eigenvalue weighted by molar-refractivity contribution is 8.00. The Morgan fingerprint density at radius 2 is 1.77 bits per heavy atom. The number of anilines is 1. The van der Waals surface area contributed by atoms with Crippen LogP contribution in [0.1, 0.15) is 23.6 Å². The summed E-state index contributed by atoms with van der Waals surface area (Å²) in [5.41, 5.74) is 4.60. The topological polar surface area (TPSA) is 79.4 Å². The molecule has 1 amide bonds.